The highest BCUT2D eigenvalue weighted by Gasteiger charge is 2.38. The maximum atomic E-state index is 15.2. The molecule has 2 aliphatic heterocycles. The molecule has 0 fully saturated rings. The van der Waals surface area contributed by atoms with Gasteiger partial charge in [0.05, 0.1) is 21.9 Å². The Hall–Kier alpha value is -9.98. The molecule has 602 valence electrons. The van der Waals surface area contributed by atoms with Gasteiger partial charge in [-0.15, -0.1) is 0 Å². The van der Waals surface area contributed by atoms with Crippen LogP contribution in [0.25, 0.3) is 10.9 Å². The van der Waals surface area contributed by atoms with Gasteiger partial charge in [-0.05, 0) is 243 Å². The summed E-state index contributed by atoms with van der Waals surface area (Å²) >= 11 is 0. The molecule has 110 heavy (non-hydrogen) atoms. The number of nitrogens with one attached hydrogen (secondary N) is 8. The lowest BCUT2D eigenvalue weighted by molar-refractivity contribution is -0.142. The lowest BCUT2D eigenvalue weighted by Gasteiger charge is -2.35. The quantitative estimate of drug-likeness (QED) is 0.0121. The van der Waals surface area contributed by atoms with Crippen LogP contribution < -0.4 is 67.0 Å². The fourth-order valence-electron chi connectivity index (χ4n) is 13.4. The zero-order chi connectivity index (χ0) is 82.1. The van der Waals surface area contributed by atoms with E-state index >= 15 is 9.59 Å². The summed E-state index contributed by atoms with van der Waals surface area (Å²) in [6.07, 6.45) is 2.16. The van der Waals surface area contributed by atoms with Crippen LogP contribution in [0, 0.1) is 47.5 Å². The number of carbonyl (C=O) groups excluding carboxylic acids is 7. The highest BCUT2D eigenvalue weighted by molar-refractivity contribution is 7.90. The summed E-state index contributed by atoms with van der Waals surface area (Å²) in [6, 6.07) is 5.70. The number of nitrogens with zero attached hydrogens (tertiary/aromatic N) is 3. The zero-order valence-corrected chi connectivity index (χ0v) is 68.3. The minimum Gasteiger partial charge on any atom is -0.488 e. The van der Waals surface area contributed by atoms with Gasteiger partial charge in [0.25, 0.3) is 20.0 Å². The summed E-state index contributed by atoms with van der Waals surface area (Å²) < 4.78 is 86.9. The van der Waals surface area contributed by atoms with E-state index < -0.39 is 139 Å². The van der Waals surface area contributed by atoms with Crippen molar-refractivity contribution in [2.45, 2.75) is 258 Å². The average molecular weight is 1570 g/mol. The Morgan fingerprint density at radius 2 is 1.08 bits per heavy atom. The average Bonchev–Trinajstić information content (AvgIpc) is 0.937. The van der Waals surface area contributed by atoms with E-state index in [9.17, 15) is 50.7 Å². The predicted octanol–water partition coefficient (Wildman–Crippen LogP) is 7.41. The Labute approximate surface area is 645 Å². The summed E-state index contributed by atoms with van der Waals surface area (Å²) in [6.45, 7) is 32.2. The standard InChI is InChI=1S/C78H111N13O17S2/c1-42(2)38-59(71(98)99)88-68(95)57(26-23-37-82-73(80)90-110(103,104)66-46(6)44(4)64-53(48(66)8)33-35-78(18,19)107-64)85-61(93)40-83-67(94)56(25-22-36-81-72(79)89-109(101,102)65-45(5)43(3)63-52(47(65)7)32-34-77(16,17)106-63)86-69(96)58(39-50-28-30-51(31-29-50)105-75(10,11)12)87-70(97)62(84-49(9)92)55-41-91(74(100)108-76(13,14)15)60-27-21-20-24-54(55)60/h20-21,24,27-31,41-42,56-59,62H,22-23,25-26,32-40H2,1-19H3,(H,83,94)(H,84,92)(H,85,93)(H,86,96)(H,87,97)(H,88,95)(H,98,99)(H3,79,81,89)(H3,80,82,90)/t56-,57-,58-,59-,62-/m0/s1. The fourth-order valence-corrected chi connectivity index (χ4v) is 16.4. The number of rotatable bonds is 30. The molecule has 0 bridgehead atoms. The first-order valence-corrected chi connectivity index (χ1v) is 39.8. The first-order valence-electron chi connectivity index (χ1n) is 36.9. The van der Waals surface area contributed by atoms with E-state index in [1.54, 1.807) is 125 Å². The van der Waals surface area contributed by atoms with Crippen LogP contribution in [0.4, 0.5) is 4.79 Å². The van der Waals surface area contributed by atoms with Gasteiger partial charge >= 0.3 is 12.1 Å². The number of hydrogen-bond donors (Lipinski definition) is 11. The fraction of sp³-hybridized carbons (Fsp3) is 0.538. The Morgan fingerprint density at radius 1 is 0.609 bits per heavy atom. The van der Waals surface area contributed by atoms with Crippen LogP contribution in [0.15, 0.2) is 74.5 Å². The molecular weight excluding hydrogens is 1460 g/mol. The highest BCUT2D eigenvalue weighted by atomic mass is 32.2. The molecule has 0 spiro atoms. The summed E-state index contributed by atoms with van der Waals surface area (Å²) in [5.74, 6) is -6.15. The van der Waals surface area contributed by atoms with Gasteiger partial charge in [-0.2, -0.15) is 0 Å². The Balaban J connectivity index is 1.18. The van der Waals surface area contributed by atoms with Crippen LogP contribution >= 0.6 is 0 Å². The Bertz CT molecular complexity index is 4630. The normalized spacial score (nSPS) is 15.7. The molecule has 0 radical (unpaired) electrons. The summed E-state index contributed by atoms with van der Waals surface area (Å²) in [5.41, 5.74) is 15.8. The SMILES string of the molecule is CC(=O)N[C@H](C(=O)N[C@@H](Cc1ccc(OC(C)(C)C)cc1)C(=O)N[C@@H](CCCN=C(N)NS(=O)(=O)c1c(C)c(C)c2c(c1C)CCC(C)(C)O2)C(=O)NCC(=O)N[C@@H](CCCN=C(N)NS(=O)(=O)c1c(C)c(C)c2c(c1C)CCC(C)(C)O2)C(=O)N[C@@H](CC(C)C)C(=O)O)c1cn(C(=O)OC(C)(C)C)c2ccccc12. The van der Waals surface area contributed by atoms with Gasteiger partial charge in [0.2, 0.25) is 47.4 Å². The minimum absolute atomic E-state index is 0.00773. The van der Waals surface area contributed by atoms with Crippen LogP contribution in [0.1, 0.15) is 197 Å². The number of nitrogens with two attached hydrogens (primary N) is 2. The second-order valence-corrected chi connectivity index (χ2v) is 35.2. The molecule has 0 aliphatic carbocycles. The van der Waals surface area contributed by atoms with Crippen molar-refractivity contribution in [3.05, 3.63) is 110 Å². The molecule has 13 N–H and O–H groups in total. The van der Waals surface area contributed by atoms with Crippen molar-refractivity contribution < 1.29 is 79.2 Å². The van der Waals surface area contributed by atoms with Gasteiger partial charge in [0.1, 0.15) is 69.9 Å². The molecule has 0 saturated carbocycles. The van der Waals surface area contributed by atoms with E-state index in [1.807, 2.05) is 48.5 Å². The number of benzene rings is 4. The zero-order valence-electron chi connectivity index (χ0n) is 66.6. The van der Waals surface area contributed by atoms with Crippen LogP contribution in [0.3, 0.4) is 0 Å². The van der Waals surface area contributed by atoms with Crippen LogP contribution in [0.5, 0.6) is 17.2 Å². The third kappa shape index (κ3) is 23.1. The number of sulfonamides is 2. The molecule has 2 aliphatic rings. The number of aromatic nitrogens is 1. The number of carbonyl (C=O) groups is 8. The van der Waals surface area contributed by atoms with Gasteiger partial charge in [0, 0.05) is 43.6 Å². The third-order valence-electron chi connectivity index (χ3n) is 18.9. The van der Waals surface area contributed by atoms with Gasteiger partial charge < -0.3 is 67.4 Å². The number of carboxylic acid groups (broad SMARTS) is 1. The maximum absolute atomic E-state index is 15.2. The summed E-state index contributed by atoms with van der Waals surface area (Å²) in [7, 11) is -8.68. The summed E-state index contributed by atoms with van der Waals surface area (Å²) in [5, 5.41) is 26.2. The minimum atomic E-state index is -4.37. The molecule has 30 nitrogen and oxygen atoms in total. The number of ether oxygens (including phenoxy) is 4. The molecule has 6 amide bonds. The van der Waals surface area contributed by atoms with Gasteiger partial charge in [-0.25, -0.2) is 35.9 Å². The first kappa shape index (κ1) is 87.2. The second-order valence-electron chi connectivity index (χ2n) is 31.9. The number of guanidine groups is 2. The van der Waals surface area contributed by atoms with Crippen molar-refractivity contribution in [1.82, 2.24) is 45.9 Å². The van der Waals surface area contributed by atoms with Crippen LogP contribution in [-0.2, 0) is 77.6 Å². The monoisotopic (exact) mass is 1570 g/mol. The van der Waals surface area contributed by atoms with E-state index in [1.165, 1.54) is 17.7 Å². The lowest BCUT2D eigenvalue weighted by Crippen LogP contribution is -2.57. The van der Waals surface area contributed by atoms with Gasteiger partial charge in [0.15, 0.2) is 0 Å². The van der Waals surface area contributed by atoms with E-state index in [4.69, 9.17) is 30.4 Å². The first-order chi connectivity index (χ1) is 51.0. The smallest absolute Gasteiger partial charge is 0.419 e. The molecule has 32 heteroatoms. The van der Waals surface area contributed by atoms with Crippen molar-refractivity contribution in [1.29, 1.82) is 0 Å². The Morgan fingerprint density at radius 3 is 1.55 bits per heavy atom. The van der Waals surface area contributed by atoms with Gasteiger partial charge in [-0.3, -0.25) is 43.3 Å². The van der Waals surface area contributed by atoms with Crippen LogP contribution in [-0.4, -0.2) is 152 Å². The van der Waals surface area contributed by atoms with Crippen molar-refractivity contribution in [2.75, 3.05) is 19.6 Å². The number of carboxylic acids is 1. The van der Waals surface area contributed by atoms with E-state index in [2.05, 4.69) is 51.3 Å². The molecule has 0 unspecified atom stereocenters. The van der Waals surface area contributed by atoms with E-state index in [0.29, 0.717) is 92.8 Å². The molecular formula is C78H111N13O17S2. The molecule has 7 rings (SSSR count). The van der Waals surface area contributed by atoms with E-state index in [-0.39, 0.29) is 72.9 Å². The molecule has 3 heterocycles. The lowest BCUT2D eigenvalue weighted by atomic mass is 9.88. The maximum Gasteiger partial charge on any atom is 0.419 e. The van der Waals surface area contributed by atoms with Crippen molar-refractivity contribution in [3.63, 3.8) is 0 Å². The molecule has 4 aromatic carbocycles. The summed E-state index contributed by atoms with van der Waals surface area (Å²) in [4.78, 5) is 121. The second kappa shape index (κ2) is 35.4. The van der Waals surface area contributed by atoms with Gasteiger partial charge in [-0.1, -0.05) is 44.2 Å². The van der Waals surface area contributed by atoms with E-state index in [0.717, 1.165) is 11.1 Å². The number of aliphatic imine (C=N–C) groups is 2. The van der Waals surface area contributed by atoms with Crippen molar-refractivity contribution in [2.24, 2.45) is 27.4 Å². The topological polar surface area (TPSA) is 440 Å². The number of aliphatic carboxylic acids is 1. The predicted molar refractivity (Wildman–Crippen MR) is 418 cm³/mol. The Kier molecular flexibility index (Phi) is 28.0. The molecule has 5 aromatic rings. The largest absolute Gasteiger partial charge is 0.488 e. The van der Waals surface area contributed by atoms with Crippen molar-refractivity contribution in [3.8, 4) is 17.2 Å². The third-order valence-corrected chi connectivity index (χ3v) is 22.2. The van der Waals surface area contributed by atoms with Crippen molar-refractivity contribution >= 4 is 90.4 Å². The van der Waals surface area contributed by atoms with Crippen LogP contribution in [0.2, 0.25) is 0 Å². The highest BCUT2D eigenvalue weighted by Crippen LogP contribution is 2.44. The number of fused-ring (bicyclic) bond motifs is 3. The molecule has 0 saturated heterocycles. The number of amides is 6. The number of para-hydroxylation sites is 1. The molecule has 5 atom stereocenters. The number of hydrogen-bond acceptors (Lipinski definition) is 18. The molecule has 1 aromatic heterocycles.